The van der Waals surface area contributed by atoms with E-state index < -0.39 is 65.4 Å². The Labute approximate surface area is 204 Å². The molecule has 13 heteroatoms. The Balaban J connectivity index is 1.85. The summed E-state index contributed by atoms with van der Waals surface area (Å²) in [5.74, 6) is -1.35. The van der Waals surface area contributed by atoms with Gasteiger partial charge in [-0.1, -0.05) is 65.1 Å². The molecule has 2 heterocycles. The Morgan fingerprint density at radius 2 is 1.73 bits per heavy atom. The molecule has 1 aromatic carbocycles. The molecule has 0 saturated carbocycles. The standard InChI is InChI=1S/C20H22Cl3NO9/c1-10(25)30-16-14(24-19(27)29-9-20(21,22)23)18(31-11(2)26)32-13-8-28-17(33-15(13)16)12-6-4-3-5-7-12/h3-7,13-18H,8-9H2,1-2H3,(H,24,27)/t13-,14-,15-,16-,17?,18+/m1/s1. The van der Waals surface area contributed by atoms with E-state index in [0.717, 1.165) is 12.5 Å². The smallest absolute Gasteiger partial charge is 0.407 e. The van der Waals surface area contributed by atoms with Gasteiger partial charge in [0.25, 0.3) is 0 Å². The lowest BCUT2D eigenvalue weighted by Gasteiger charge is -2.48. The summed E-state index contributed by atoms with van der Waals surface area (Å²) in [5, 5.41) is 2.45. The molecule has 0 radical (unpaired) electrons. The molecule has 6 atom stereocenters. The second-order valence-corrected chi connectivity index (χ2v) is 9.78. The number of rotatable bonds is 5. The lowest BCUT2D eigenvalue weighted by Crippen LogP contribution is -2.68. The molecular weight excluding hydrogens is 505 g/mol. The monoisotopic (exact) mass is 525 g/mol. The lowest BCUT2D eigenvalue weighted by atomic mass is 9.95. The van der Waals surface area contributed by atoms with Gasteiger partial charge in [0.1, 0.15) is 24.9 Å². The number of amides is 1. The van der Waals surface area contributed by atoms with Crippen LogP contribution in [0.25, 0.3) is 0 Å². The van der Waals surface area contributed by atoms with Crippen molar-refractivity contribution in [3.8, 4) is 0 Å². The number of nitrogens with one attached hydrogen (secondary N) is 1. The van der Waals surface area contributed by atoms with Gasteiger partial charge in [-0.05, 0) is 0 Å². The van der Waals surface area contributed by atoms with Gasteiger partial charge in [-0.15, -0.1) is 0 Å². The van der Waals surface area contributed by atoms with Gasteiger partial charge < -0.3 is 33.7 Å². The molecule has 2 aliphatic rings. The van der Waals surface area contributed by atoms with E-state index in [-0.39, 0.29) is 6.61 Å². The van der Waals surface area contributed by atoms with Crippen molar-refractivity contribution >= 4 is 52.8 Å². The molecular formula is C20H22Cl3NO9. The van der Waals surface area contributed by atoms with Crippen LogP contribution >= 0.6 is 34.8 Å². The molecule has 10 nitrogen and oxygen atoms in total. The summed E-state index contributed by atoms with van der Waals surface area (Å²) < 4.78 is 31.4. The number of alkyl halides is 3. The van der Waals surface area contributed by atoms with E-state index in [9.17, 15) is 14.4 Å². The third-order valence-electron chi connectivity index (χ3n) is 4.65. The second kappa shape index (κ2) is 11.1. The topological polar surface area (TPSA) is 119 Å². The summed E-state index contributed by atoms with van der Waals surface area (Å²) >= 11 is 16.8. The number of ether oxygens (including phenoxy) is 6. The van der Waals surface area contributed by atoms with Crippen LogP contribution in [0.1, 0.15) is 25.7 Å². The highest BCUT2D eigenvalue weighted by Crippen LogP contribution is 2.36. The summed E-state index contributed by atoms with van der Waals surface area (Å²) in [6.45, 7) is 1.84. The number of benzene rings is 1. The molecule has 0 bridgehead atoms. The highest BCUT2D eigenvalue weighted by Gasteiger charge is 2.53. The van der Waals surface area contributed by atoms with Crippen molar-refractivity contribution in [2.45, 2.75) is 54.6 Å². The number of carbonyl (C=O) groups is 3. The number of fused-ring (bicyclic) bond motifs is 1. The molecule has 0 aliphatic carbocycles. The lowest BCUT2D eigenvalue weighted by molar-refractivity contribution is -0.339. The van der Waals surface area contributed by atoms with Crippen molar-refractivity contribution < 1.29 is 42.8 Å². The molecule has 1 unspecified atom stereocenters. The Bertz CT molecular complexity index is 851. The normalized spacial score (nSPS) is 29.4. The molecule has 2 aliphatic heterocycles. The Morgan fingerprint density at radius 3 is 2.33 bits per heavy atom. The minimum Gasteiger partial charge on any atom is -0.457 e. The van der Waals surface area contributed by atoms with Crippen molar-refractivity contribution in [3.05, 3.63) is 35.9 Å². The van der Waals surface area contributed by atoms with E-state index in [1.165, 1.54) is 6.92 Å². The average Bonchev–Trinajstić information content (AvgIpc) is 2.74. The van der Waals surface area contributed by atoms with E-state index in [0.29, 0.717) is 0 Å². The summed E-state index contributed by atoms with van der Waals surface area (Å²) in [5.41, 5.74) is 0.728. The number of halogens is 3. The van der Waals surface area contributed by atoms with Crippen LogP contribution in [0.2, 0.25) is 0 Å². The molecule has 1 aromatic rings. The number of hydrogen-bond donors (Lipinski definition) is 1. The molecule has 0 spiro atoms. The van der Waals surface area contributed by atoms with Gasteiger partial charge in [0, 0.05) is 19.4 Å². The molecule has 2 saturated heterocycles. The zero-order chi connectivity index (χ0) is 24.2. The van der Waals surface area contributed by atoms with Crippen LogP contribution < -0.4 is 5.32 Å². The Kier molecular flexibility index (Phi) is 8.65. The fraction of sp³-hybridized carbons (Fsp3) is 0.550. The summed E-state index contributed by atoms with van der Waals surface area (Å²) in [4.78, 5) is 35.9. The van der Waals surface area contributed by atoms with Crippen LogP contribution in [0.15, 0.2) is 30.3 Å². The van der Waals surface area contributed by atoms with Crippen LogP contribution in [0.3, 0.4) is 0 Å². The van der Waals surface area contributed by atoms with E-state index in [2.05, 4.69) is 5.32 Å². The fourth-order valence-electron chi connectivity index (χ4n) is 3.43. The van der Waals surface area contributed by atoms with E-state index in [4.69, 9.17) is 63.2 Å². The highest BCUT2D eigenvalue weighted by molar-refractivity contribution is 6.67. The maximum Gasteiger partial charge on any atom is 0.407 e. The SMILES string of the molecule is CC(=O)O[C@H]1O[C@@H]2COC(c3ccccc3)O[C@H]2[C@H](OC(C)=O)[C@H]1NC(=O)OCC(Cl)(Cl)Cl. The average molecular weight is 527 g/mol. The summed E-state index contributed by atoms with van der Waals surface area (Å²) in [6, 6.07) is 7.89. The van der Waals surface area contributed by atoms with Crippen molar-refractivity contribution in [3.63, 3.8) is 0 Å². The van der Waals surface area contributed by atoms with Gasteiger partial charge in [-0.2, -0.15) is 0 Å². The van der Waals surface area contributed by atoms with Gasteiger partial charge in [-0.3, -0.25) is 9.59 Å². The number of carbonyl (C=O) groups excluding carboxylic acids is 3. The van der Waals surface area contributed by atoms with Crippen LogP contribution in [0.4, 0.5) is 4.79 Å². The summed E-state index contributed by atoms with van der Waals surface area (Å²) in [7, 11) is 0. The van der Waals surface area contributed by atoms with Crippen molar-refractivity contribution in [1.29, 1.82) is 0 Å². The molecule has 1 amide bonds. The maximum absolute atomic E-state index is 12.4. The first-order valence-corrected chi connectivity index (χ1v) is 11.0. The van der Waals surface area contributed by atoms with Crippen LogP contribution in [-0.4, -0.2) is 65.7 Å². The third-order valence-corrected chi connectivity index (χ3v) is 4.97. The van der Waals surface area contributed by atoms with Crippen molar-refractivity contribution in [1.82, 2.24) is 5.32 Å². The maximum atomic E-state index is 12.4. The largest absolute Gasteiger partial charge is 0.457 e. The van der Waals surface area contributed by atoms with Crippen LogP contribution in [0, 0.1) is 0 Å². The van der Waals surface area contributed by atoms with E-state index in [1.54, 1.807) is 12.1 Å². The Hall–Kier alpha value is -1.82. The van der Waals surface area contributed by atoms with Gasteiger partial charge in [0.15, 0.2) is 12.4 Å². The predicted octanol–water partition coefficient (Wildman–Crippen LogP) is 2.79. The highest BCUT2D eigenvalue weighted by atomic mass is 35.6. The quantitative estimate of drug-likeness (QED) is 0.351. The van der Waals surface area contributed by atoms with Gasteiger partial charge >= 0.3 is 18.0 Å². The first-order chi connectivity index (χ1) is 15.5. The summed E-state index contributed by atoms with van der Waals surface area (Å²) in [6.07, 6.45) is -5.91. The molecule has 0 aromatic heterocycles. The first kappa shape index (κ1) is 25.8. The molecule has 1 N–H and O–H groups in total. The van der Waals surface area contributed by atoms with Crippen molar-refractivity contribution in [2.24, 2.45) is 0 Å². The van der Waals surface area contributed by atoms with Crippen LogP contribution in [-0.2, 0) is 38.0 Å². The second-order valence-electron chi connectivity index (χ2n) is 7.26. The zero-order valence-electron chi connectivity index (χ0n) is 17.6. The van der Waals surface area contributed by atoms with Gasteiger partial charge in [0.05, 0.1) is 6.61 Å². The van der Waals surface area contributed by atoms with Gasteiger partial charge in [-0.25, -0.2) is 4.79 Å². The van der Waals surface area contributed by atoms with Gasteiger partial charge in [0.2, 0.25) is 10.1 Å². The van der Waals surface area contributed by atoms with Crippen molar-refractivity contribution in [2.75, 3.05) is 13.2 Å². The minimum atomic E-state index is -1.84. The molecule has 33 heavy (non-hydrogen) atoms. The molecule has 3 rings (SSSR count). The first-order valence-electron chi connectivity index (χ1n) is 9.85. The van der Waals surface area contributed by atoms with E-state index in [1.807, 2.05) is 18.2 Å². The predicted molar refractivity (Wildman–Crippen MR) is 115 cm³/mol. The fourth-order valence-corrected chi connectivity index (χ4v) is 3.59. The number of hydrogen-bond acceptors (Lipinski definition) is 9. The Morgan fingerprint density at radius 1 is 1.06 bits per heavy atom. The van der Waals surface area contributed by atoms with E-state index >= 15 is 0 Å². The molecule has 2 fully saturated rings. The number of alkyl carbamates (subject to hydrolysis) is 1. The third kappa shape index (κ3) is 7.33. The number of esters is 2. The zero-order valence-corrected chi connectivity index (χ0v) is 19.8. The van der Waals surface area contributed by atoms with Crippen LogP contribution in [0.5, 0.6) is 0 Å². The minimum absolute atomic E-state index is 0.0458. The molecule has 182 valence electrons.